The Labute approximate surface area is 102 Å². The van der Waals surface area contributed by atoms with Crippen LogP contribution in [0.3, 0.4) is 0 Å². The number of nitrogens with one attached hydrogen (secondary N) is 1. The molecule has 1 amide bonds. The van der Waals surface area contributed by atoms with Gasteiger partial charge in [0.15, 0.2) is 6.61 Å². The molecule has 2 rings (SSSR count). The third kappa shape index (κ3) is 2.60. The number of carbonyl (C=O) groups excluding carboxylic acids is 1. The van der Waals surface area contributed by atoms with Crippen LogP contribution < -0.4 is 10.1 Å². The highest BCUT2D eigenvalue weighted by Crippen LogP contribution is 2.32. The third-order valence-electron chi connectivity index (χ3n) is 3.12. The quantitative estimate of drug-likeness (QED) is 0.868. The zero-order valence-electron chi connectivity index (χ0n) is 10.5. The van der Waals surface area contributed by atoms with Crippen molar-refractivity contribution in [3.63, 3.8) is 0 Å². The average Bonchev–Trinajstić information content (AvgIpc) is 2.35. The van der Waals surface area contributed by atoms with Gasteiger partial charge < -0.3 is 10.1 Å². The van der Waals surface area contributed by atoms with Crippen LogP contribution in [0, 0.1) is 0 Å². The van der Waals surface area contributed by atoms with Gasteiger partial charge in [0.1, 0.15) is 5.75 Å². The van der Waals surface area contributed by atoms with E-state index in [0.717, 1.165) is 24.3 Å². The number of anilines is 1. The van der Waals surface area contributed by atoms with Gasteiger partial charge in [-0.1, -0.05) is 20.3 Å². The van der Waals surface area contributed by atoms with Gasteiger partial charge in [-0.2, -0.15) is 0 Å². The van der Waals surface area contributed by atoms with Crippen LogP contribution in [0.4, 0.5) is 5.69 Å². The minimum absolute atomic E-state index is 0.0665. The topological polar surface area (TPSA) is 38.3 Å². The maximum Gasteiger partial charge on any atom is 0.262 e. The first-order valence-electron chi connectivity index (χ1n) is 6.33. The van der Waals surface area contributed by atoms with Gasteiger partial charge in [0, 0.05) is 0 Å². The van der Waals surface area contributed by atoms with E-state index < -0.39 is 0 Å². The Bertz CT molecular complexity index is 426. The van der Waals surface area contributed by atoms with Crippen molar-refractivity contribution < 1.29 is 9.53 Å². The molecule has 92 valence electrons. The summed E-state index contributed by atoms with van der Waals surface area (Å²) < 4.78 is 5.43. The van der Waals surface area contributed by atoms with Crippen molar-refractivity contribution in [2.24, 2.45) is 0 Å². The van der Waals surface area contributed by atoms with Crippen LogP contribution in [0.5, 0.6) is 5.75 Å². The lowest BCUT2D eigenvalue weighted by molar-refractivity contribution is -0.118. The summed E-state index contributed by atoms with van der Waals surface area (Å²) in [5.41, 5.74) is 3.48. The van der Waals surface area contributed by atoms with Crippen LogP contribution in [0.25, 0.3) is 0 Å². The molecule has 17 heavy (non-hydrogen) atoms. The zero-order chi connectivity index (χ0) is 12.3. The summed E-state index contributed by atoms with van der Waals surface area (Å²) in [7, 11) is 0. The predicted molar refractivity (Wildman–Crippen MR) is 68.6 cm³/mol. The van der Waals surface area contributed by atoms with E-state index >= 15 is 0 Å². The lowest BCUT2D eigenvalue weighted by Crippen LogP contribution is -2.25. The number of unbranched alkanes of at least 4 members (excludes halogenated alkanes) is 1. The number of benzene rings is 1. The molecule has 0 spiro atoms. The maximum atomic E-state index is 11.3. The molecule has 0 saturated heterocycles. The Morgan fingerprint density at radius 1 is 1.29 bits per heavy atom. The van der Waals surface area contributed by atoms with E-state index in [1.807, 2.05) is 0 Å². The van der Waals surface area contributed by atoms with Crippen LogP contribution >= 0.6 is 0 Å². The summed E-state index contributed by atoms with van der Waals surface area (Å²) in [4.78, 5) is 11.3. The minimum atomic E-state index is -0.0665. The smallest absolute Gasteiger partial charge is 0.262 e. The van der Waals surface area contributed by atoms with Crippen LogP contribution in [0.1, 0.15) is 37.8 Å². The summed E-state index contributed by atoms with van der Waals surface area (Å²) in [5, 5.41) is 2.86. The number of ether oxygens (including phenoxy) is 1. The Morgan fingerprint density at radius 2 is 2.12 bits per heavy atom. The highest BCUT2D eigenvalue weighted by Gasteiger charge is 2.17. The van der Waals surface area contributed by atoms with Crippen molar-refractivity contribution in [2.45, 2.75) is 39.5 Å². The Balaban J connectivity index is 2.31. The fraction of sp³-hybridized carbons (Fsp3) is 0.500. The van der Waals surface area contributed by atoms with Gasteiger partial charge in [0.2, 0.25) is 0 Å². The Morgan fingerprint density at radius 3 is 2.82 bits per heavy atom. The van der Waals surface area contributed by atoms with Crippen LogP contribution in [0.2, 0.25) is 0 Å². The molecule has 3 nitrogen and oxygen atoms in total. The van der Waals surface area contributed by atoms with E-state index in [9.17, 15) is 4.79 Å². The normalized spacial score (nSPS) is 13.9. The summed E-state index contributed by atoms with van der Waals surface area (Å²) in [6, 6.07) is 4.14. The molecule has 1 N–H and O–H groups in total. The molecule has 0 aliphatic carbocycles. The van der Waals surface area contributed by atoms with Crippen molar-refractivity contribution in [2.75, 3.05) is 11.9 Å². The second-order valence-corrected chi connectivity index (χ2v) is 4.41. The standard InChI is InChI=1S/C14H19NO2/c1-3-5-6-11-7-12-13(8-10(11)4-2)17-9-14(16)15-12/h7-8H,3-6,9H2,1-2H3,(H,15,16). The molecule has 1 aromatic rings. The van der Waals surface area contributed by atoms with Crippen molar-refractivity contribution >= 4 is 11.6 Å². The lowest BCUT2D eigenvalue weighted by Gasteiger charge is -2.20. The SMILES string of the molecule is CCCCc1cc2c(cc1CC)OCC(=O)N2. The van der Waals surface area contributed by atoms with E-state index in [4.69, 9.17) is 4.74 Å². The fourth-order valence-corrected chi connectivity index (χ4v) is 2.14. The first-order valence-corrected chi connectivity index (χ1v) is 6.33. The Kier molecular flexibility index (Phi) is 3.67. The monoisotopic (exact) mass is 233 g/mol. The molecule has 0 atom stereocenters. The van der Waals surface area contributed by atoms with Crippen molar-refractivity contribution in [1.82, 2.24) is 0 Å². The van der Waals surface area contributed by atoms with Gasteiger partial charge in [0.05, 0.1) is 5.69 Å². The van der Waals surface area contributed by atoms with Gasteiger partial charge in [-0.25, -0.2) is 0 Å². The van der Waals surface area contributed by atoms with E-state index in [1.165, 1.54) is 24.0 Å². The number of rotatable bonds is 4. The number of fused-ring (bicyclic) bond motifs is 1. The van der Waals surface area contributed by atoms with Crippen molar-refractivity contribution in [1.29, 1.82) is 0 Å². The molecule has 0 fully saturated rings. The fourth-order valence-electron chi connectivity index (χ4n) is 2.14. The molecule has 1 aliphatic heterocycles. The molecule has 1 heterocycles. The highest BCUT2D eigenvalue weighted by molar-refractivity contribution is 5.95. The summed E-state index contributed by atoms with van der Waals surface area (Å²) in [6.45, 7) is 4.47. The second-order valence-electron chi connectivity index (χ2n) is 4.41. The lowest BCUT2D eigenvalue weighted by atomic mass is 9.98. The maximum absolute atomic E-state index is 11.3. The number of amides is 1. The third-order valence-corrected chi connectivity index (χ3v) is 3.12. The number of aryl methyl sites for hydroxylation is 2. The van der Waals surface area contributed by atoms with Crippen molar-refractivity contribution in [3.05, 3.63) is 23.3 Å². The van der Waals surface area contributed by atoms with Crippen LogP contribution in [-0.4, -0.2) is 12.5 Å². The second kappa shape index (κ2) is 5.21. The van der Waals surface area contributed by atoms with E-state index in [1.54, 1.807) is 0 Å². The van der Waals surface area contributed by atoms with E-state index in [-0.39, 0.29) is 12.5 Å². The first-order chi connectivity index (χ1) is 8.24. The highest BCUT2D eigenvalue weighted by atomic mass is 16.5. The molecule has 1 aliphatic rings. The van der Waals surface area contributed by atoms with Crippen LogP contribution in [-0.2, 0) is 17.6 Å². The van der Waals surface area contributed by atoms with Gasteiger partial charge in [-0.05, 0) is 42.5 Å². The van der Waals surface area contributed by atoms with Gasteiger partial charge in [-0.3, -0.25) is 4.79 Å². The molecule has 0 unspecified atom stereocenters. The number of hydrogen-bond acceptors (Lipinski definition) is 2. The molecule has 0 bridgehead atoms. The molecule has 0 aromatic heterocycles. The molecule has 0 saturated carbocycles. The summed E-state index contributed by atoms with van der Waals surface area (Å²) in [6.07, 6.45) is 4.44. The molecular weight excluding hydrogens is 214 g/mol. The van der Waals surface area contributed by atoms with Crippen LogP contribution in [0.15, 0.2) is 12.1 Å². The molecule has 3 heteroatoms. The summed E-state index contributed by atoms with van der Waals surface area (Å²) in [5.74, 6) is 0.741. The van der Waals surface area contributed by atoms with E-state index in [0.29, 0.717) is 0 Å². The van der Waals surface area contributed by atoms with Crippen molar-refractivity contribution in [3.8, 4) is 5.75 Å². The largest absolute Gasteiger partial charge is 0.482 e. The summed E-state index contributed by atoms with van der Waals surface area (Å²) >= 11 is 0. The van der Waals surface area contributed by atoms with E-state index in [2.05, 4.69) is 31.3 Å². The van der Waals surface area contributed by atoms with Gasteiger partial charge in [0.25, 0.3) is 5.91 Å². The molecule has 0 radical (unpaired) electrons. The average molecular weight is 233 g/mol. The Hall–Kier alpha value is -1.51. The molecule has 1 aromatic carbocycles. The zero-order valence-corrected chi connectivity index (χ0v) is 10.5. The predicted octanol–water partition coefficient (Wildman–Crippen LogP) is 2.92. The van der Waals surface area contributed by atoms with Gasteiger partial charge in [-0.15, -0.1) is 0 Å². The number of carbonyl (C=O) groups is 1. The number of hydrogen-bond donors (Lipinski definition) is 1. The van der Waals surface area contributed by atoms with Gasteiger partial charge >= 0.3 is 0 Å². The molecular formula is C14H19NO2. The first kappa shape index (κ1) is 12.0. The minimum Gasteiger partial charge on any atom is -0.482 e.